The maximum atomic E-state index is 13.0. The number of piperidine rings is 1. The smallest absolute Gasteiger partial charge is 0.338 e. The van der Waals surface area contributed by atoms with Crippen LogP contribution < -0.4 is 10.6 Å². The Morgan fingerprint density at radius 2 is 1.81 bits per heavy atom. The van der Waals surface area contributed by atoms with Crippen LogP contribution in [-0.2, 0) is 6.54 Å². The number of aromatic hydroxyl groups is 1. The highest BCUT2D eigenvalue weighted by atomic mass is 16.4. The van der Waals surface area contributed by atoms with Crippen LogP contribution in [0.4, 0.5) is 5.95 Å². The maximum Gasteiger partial charge on any atom is 0.338 e. The first-order chi connectivity index (χ1) is 15.4. The summed E-state index contributed by atoms with van der Waals surface area (Å²) >= 11 is 0. The van der Waals surface area contributed by atoms with E-state index in [9.17, 15) is 14.7 Å². The molecule has 0 radical (unpaired) electrons. The van der Waals surface area contributed by atoms with Crippen molar-refractivity contribution in [3.63, 3.8) is 0 Å². The van der Waals surface area contributed by atoms with Gasteiger partial charge in [0.1, 0.15) is 0 Å². The van der Waals surface area contributed by atoms with Crippen LogP contribution in [-0.4, -0.2) is 48.4 Å². The fourth-order valence-corrected chi connectivity index (χ4v) is 3.94. The molecule has 0 unspecified atom stereocenters. The zero-order valence-electron chi connectivity index (χ0n) is 17.5. The van der Waals surface area contributed by atoms with Crippen molar-refractivity contribution in [1.82, 2.24) is 19.1 Å². The SMILES string of the molecule is Cc1c(O)n(-c2ccc(C#N)cc2)c(=O)n1CC1CCN(c2ncc(C(=O)O)cn2)CC1. The number of carboxylic acids is 1. The lowest BCUT2D eigenvalue weighted by molar-refractivity contribution is 0.0696. The van der Waals surface area contributed by atoms with Gasteiger partial charge in [-0.15, -0.1) is 0 Å². The first-order valence-electron chi connectivity index (χ1n) is 10.2. The van der Waals surface area contributed by atoms with E-state index < -0.39 is 5.97 Å². The Morgan fingerprint density at radius 1 is 1.19 bits per heavy atom. The molecule has 0 atom stereocenters. The zero-order valence-corrected chi connectivity index (χ0v) is 17.5. The normalized spacial score (nSPS) is 14.3. The van der Waals surface area contributed by atoms with E-state index in [1.165, 1.54) is 17.0 Å². The Kier molecular flexibility index (Phi) is 5.64. The number of benzene rings is 1. The second-order valence-corrected chi connectivity index (χ2v) is 7.80. The highest BCUT2D eigenvalue weighted by Crippen LogP contribution is 2.25. The van der Waals surface area contributed by atoms with Crippen LogP contribution in [0.3, 0.4) is 0 Å². The van der Waals surface area contributed by atoms with Crippen LogP contribution in [0, 0.1) is 24.2 Å². The van der Waals surface area contributed by atoms with Crippen molar-refractivity contribution in [2.75, 3.05) is 18.0 Å². The van der Waals surface area contributed by atoms with Gasteiger partial charge in [-0.05, 0) is 49.9 Å². The maximum absolute atomic E-state index is 13.0. The Balaban J connectivity index is 1.47. The summed E-state index contributed by atoms with van der Waals surface area (Å²) in [6.07, 6.45) is 4.21. The van der Waals surface area contributed by atoms with Crippen molar-refractivity contribution in [3.8, 4) is 17.6 Å². The molecule has 1 aliphatic rings. The number of aromatic carboxylic acids is 1. The largest absolute Gasteiger partial charge is 0.493 e. The Labute approximate surface area is 183 Å². The second-order valence-electron chi connectivity index (χ2n) is 7.80. The number of carboxylic acid groups (broad SMARTS) is 1. The molecule has 3 heterocycles. The summed E-state index contributed by atoms with van der Waals surface area (Å²) in [5, 5.41) is 28.5. The lowest BCUT2D eigenvalue weighted by atomic mass is 9.97. The van der Waals surface area contributed by atoms with E-state index in [1.54, 1.807) is 35.8 Å². The number of carbonyl (C=O) groups is 1. The molecule has 0 bridgehead atoms. The van der Waals surface area contributed by atoms with E-state index in [-0.39, 0.29) is 23.1 Å². The average Bonchev–Trinajstić information content (AvgIpc) is 3.03. The summed E-state index contributed by atoms with van der Waals surface area (Å²) in [6, 6.07) is 8.52. The van der Waals surface area contributed by atoms with Gasteiger partial charge in [-0.25, -0.2) is 24.1 Å². The molecule has 10 nitrogen and oxygen atoms in total. The van der Waals surface area contributed by atoms with Crippen molar-refractivity contribution in [2.45, 2.75) is 26.3 Å². The summed E-state index contributed by atoms with van der Waals surface area (Å²) in [4.78, 5) is 34.3. The van der Waals surface area contributed by atoms with Gasteiger partial charge in [0.2, 0.25) is 11.8 Å². The van der Waals surface area contributed by atoms with E-state index in [1.807, 2.05) is 11.0 Å². The number of hydrogen-bond donors (Lipinski definition) is 2. The molecule has 1 aromatic carbocycles. The monoisotopic (exact) mass is 434 g/mol. The lowest BCUT2D eigenvalue weighted by Crippen LogP contribution is -2.37. The molecule has 2 N–H and O–H groups in total. The van der Waals surface area contributed by atoms with E-state index in [0.29, 0.717) is 42.5 Å². The third-order valence-electron chi connectivity index (χ3n) is 5.84. The highest BCUT2D eigenvalue weighted by molar-refractivity contribution is 5.86. The lowest BCUT2D eigenvalue weighted by Gasteiger charge is -2.32. The zero-order chi connectivity index (χ0) is 22.8. The van der Waals surface area contributed by atoms with Gasteiger partial charge in [0.15, 0.2) is 0 Å². The number of aromatic nitrogens is 4. The van der Waals surface area contributed by atoms with Crippen LogP contribution in [0.25, 0.3) is 5.69 Å². The van der Waals surface area contributed by atoms with Gasteiger partial charge in [0.25, 0.3) is 0 Å². The summed E-state index contributed by atoms with van der Waals surface area (Å²) in [5.74, 6) is -0.445. The molecule has 0 spiro atoms. The van der Waals surface area contributed by atoms with Crippen molar-refractivity contribution >= 4 is 11.9 Å². The van der Waals surface area contributed by atoms with Crippen LogP contribution >= 0.6 is 0 Å². The fourth-order valence-electron chi connectivity index (χ4n) is 3.94. The van der Waals surface area contributed by atoms with E-state index in [0.717, 1.165) is 12.8 Å². The predicted molar refractivity (Wildman–Crippen MR) is 115 cm³/mol. The van der Waals surface area contributed by atoms with E-state index >= 15 is 0 Å². The molecule has 1 saturated heterocycles. The minimum atomic E-state index is -1.06. The van der Waals surface area contributed by atoms with Crippen molar-refractivity contribution < 1.29 is 15.0 Å². The summed E-state index contributed by atoms with van der Waals surface area (Å²) < 4.78 is 2.84. The molecular formula is C22H22N6O4. The number of anilines is 1. The summed E-state index contributed by atoms with van der Waals surface area (Å²) in [7, 11) is 0. The Bertz CT molecular complexity index is 1230. The highest BCUT2D eigenvalue weighted by Gasteiger charge is 2.25. The number of imidazole rings is 1. The number of nitrogens with zero attached hydrogens (tertiary/aromatic N) is 6. The predicted octanol–water partition coefficient (Wildman–Crippen LogP) is 1.93. The van der Waals surface area contributed by atoms with Gasteiger partial charge in [-0.2, -0.15) is 5.26 Å². The molecule has 10 heteroatoms. The molecular weight excluding hydrogens is 412 g/mol. The van der Waals surface area contributed by atoms with Gasteiger partial charge >= 0.3 is 11.7 Å². The van der Waals surface area contributed by atoms with Crippen molar-refractivity contribution in [3.05, 3.63) is 64.0 Å². The van der Waals surface area contributed by atoms with Gasteiger partial charge < -0.3 is 15.1 Å². The molecule has 32 heavy (non-hydrogen) atoms. The summed E-state index contributed by atoms with van der Waals surface area (Å²) in [6.45, 7) is 3.57. The molecule has 1 aliphatic heterocycles. The third kappa shape index (κ3) is 3.92. The molecule has 0 amide bonds. The van der Waals surface area contributed by atoms with Crippen LogP contribution in [0.2, 0.25) is 0 Å². The van der Waals surface area contributed by atoms with Gasteiger partial charge in [0.05, 0.1) is 28.6 Å². The van der Waals surface area contributed by atoms with Gasteiger partial charge in [-0.3, -0.25) is 4.57 Å². The fraction of sp³-hybridized carbons (Fsp3) is 0.318. The molecule has 1 fully saturated rings. The van der Waals surface area contributed by atoms with Crippen LogP contribution in [0.5, 0.6) is 5.88 Å². The molecule has 4 rings (SSSR count). The van der Waals surface area contributed by atoms with Crippen molar-refractivity contribution in [1.29, 1.82) is 5.26 Å². The van der Waals surface area contributed by atoms with Gasteiger partial charge in [0, 0.05) is 32.0 Å². The standard InChI is InChI=1S/C22H22N6O4/c1-14-19(29)28(18-4-2-15(10-23)3-5-18)22(32)27(14)13-16-6-8-26(9-7-16)21-24-11-17(12-25-21)20(30)31/h2-5,11-12,16,29H,6-9,13H2,1H3,(H,30,31). The molecule has 2 aromatic heterocycles. The summed E-state index contributed by atoms with van der Waals surface area (Å²) in [5.41, 5.74) is 1.20. The Hall–Kier alpha value is -4.13. The molecule has 0 aliphatic carbocycles. The number of hydrogen-bond acceptors (Lipinski definition) is 7. The van der Waals surface area contributed by atoms with Crippen LogP contribution in [0.1, 0.15) is 34.5 Å². The average molecular weight is 434 g/mol. The first-order valence-corrected chi connectivity index (χ1v) is 10.2. The minimum Gasteiger partial charge on any atom is -0.493 e. The molecule has 0 saturated carbocycles. The van der Waals surface area contributed by atoms with E-state index in [4.69, 9.17) is 10.4 Å². The topological polar surface area (TPSA) is 137 Å². The quantitative estimate of drug-likeness (QED) is 0.621. The Morgan fingerprint density at radius 3 is 2.38 bits per heavy atom. The molecule has 3 aromatic rings. The molecule has 164 valence electrons. The first kappa shape index (κ1) is 21.1. The van der Waals surface area contributed by atoms with Gasteiger partial charge in [-0.1, -0.05) is 0 Å². The second kappa shape index (κ2) is 8.55. The van der Waals surface area contributed by atoms with E-state index in [2.05, 4.69) is 9.97 Å². The van der Waals surface area contributed by atoms with Crippen LogP contribution in [0.15, 0.2) is 41.5 Å². The van der Waals surface area contributed by atoms with Crippen molar-refractivity contribution in [2.24, 2.45) is 5.92 Å². The number of rotatable bonds is 5. The number of nitriles is 1. The minimum absolute atomic E-state index is 0.0464. The third-order valence-corrected chi connectivity index (χ3v) is 5.84.